The smallest absolute Gasteiger partial charge is 0.255 e. The van der Waals surface area contributed by atoms with Crippen molar-refractivity contribution in [2.24, 2.45) is 0 Å². The molecule has 1 aromatic carbocycles. The van der Waals surface area contributed by atoms with Crippen LogP contribution < -0.4 is 11.1 Å². The fraction of sp³-hybridized carbons (Fsp3) is 0. The van der Waals surface area contributed by atoms with Gasteiger partial charge in [0.1, 0.15) is 5.82 Å². The molecule has 0 bridgehead atoms. The minimum Gasteiger partial charge on any atom is -0.384 e. The molecule has 2 aromatic heterocycles. The summed E-state index contributed by atoms with van der Waals surface area (Å²) in [5.74, 6) is 0.244. The second kappa shape index (κ2) is 4.45. The van der Waals surface area contributed by atoms with Gasteiger partial charge in [-0.15, -0.1) is 0 Å². The van der Waals surface area contributed by atoms with Gasteiger partial charge in [-0.2, -0.15) is 0 Å². The van der Waals surface area contributed by atoms with Gasteiger partial charge in [0.2, 0.25) is 0 Å². The summed E-state index contributed by atoms with van der Waals surface area (Å²) in [4.78, 5) is 19.1. The molecule has 2 heterocycles. The molecule has 0 aliphatic rings. The second-order valence-electron chi connectivity index (χ2n) is 4.21. The molecule has 19 heavy (non-hydrogen) atoms. The molecule has 0 fully saturated rings. The van der Waals surface area contributed by atoms with Crippen LogP contribution in [-0.4, -0.2) is 15.9 Å². The number of carbonyl (C=O) groups excluding carboxylic acids is 1. The molecule has 3 rings (SSSR count). The summed E-state index contributed by atoms with van der Waals surface area (Å²) >= 11 is 0. The van der Waals surface area contributed by atoms with Crippen molar-refractivity contribution in [1.29, 1.82) is 0 Å². The maximum atomic E-state index is 12.1. The molecule has 5 nitrogen and oxygen atoms in total. The van der Waals surface area contributed by atoms with Crippen LogP contribution >= 0.6 is 0 Å². The number of aromatic amines is 1. The molecular weight excluding hydrogens is 240 g/mol. The third kappa shape index (κ3) is 2.26. The number of nitrogen functional groups attached to an aromatic ring is 1. The minimum absolute atomic E-state index is 0.178. The van der Waals surface area contributed by atoms with Gasteiger partial charge in [-0.3, -0.25) is 4.79 Å². The lowest BCUT2D eigenvalue weighted by molar-refractivity contribution is 0.102. The van der Waals surface area contributed by atoms with E-state index >= 15 is 0 Å². The Morgan fingerprint density at radius 1 is 1.21 bits per heavy atom. The zero-order valence-electron chi connectivity index (χ0n) is 10.1. The summed E-state index contributed by atoms with van der Waals surface area (Å²) in [7, 11) is 0. The number of nitrogens with zero attached hydrogens (tertiary/aromatic N) is 1. The van der Waals surface area contributed by atoms with Gasteiger partial charge >= 0.3 is 0 Å². The number of nitrogens with one attached hydrogen (secondary N) is 2. The molecule has 4 N–H and O–H groups in total. The van der Waals surface area contributed by atoms with E-state index in [1.165, 1.54) is 6.20 Å². The highest BCUT2D eigenvalue weighted by atomic mass is 16.1. The number of fused-ring (bicyclic) bond motifs is 1. The number of amides is 1. The van der Waals surface area contributed by atoms with Crippen molar-refractivity contribution in [2.45, 2.75) is 0 Å². The molecule has 0 atom stereocenters. The lowest BCUT2D eigenvalue weighted by Gasteiger charge is -2.05. The summed E-state index contributed by atoms with van der Waals surface area (Å²) in [5.41, 5.74) is 7.63. The Kier molecular flexibility index (Phi) is 2.64. The molecule has 0 radical (unpaired) electrons. The molecule has 0 aliphatic heterocycles. The molecule has 0 unspecified atom stereocenters. The van der Waals surface area contributed by atoms with Gasteiger partial charge in [-0.05, 0) is 35.7 Å². The van der Waals surface area contributed by atoms with Crippen molar-refractivity contribution >= 4 is 28.3 Å². The Bertz CT molecular complexity index is 731. The van der Waals surface area contributed by atoms with E-state index in [-0.39, 0.29) is 5.91 Å². The molecule has 5 heteroatoms. The summed E-state index contributed by atoms with van der Waals surface area (Å²) in [6.07, 6.45) is 3.37. The molecule has 1 amide bonds. The quantitative estimate of drug-likeness (QED) is 0.654. The van der Waals surface area contributed by atoms with Crippen LogP contribution in [0.15, 0.2) is 48.8 Å². The molecule has 0 aliphatic carbocycles. The normalized spacial score (nSPS) is 10.5. The minimum atomic E-state index is -0.178. The van der Waals surface area contributed by atoms with E-state index in [1.807, 2.05) is 24.4 Å². The van der Waals surface area contributed by atoms with Crippen molar-refractivity contribution in [3.05, 3.63) is 54.4 Å². The Labute approximate surface area is 109 Å². The van der Waals surface area contributed by atoms with Gasteiger partial charge in [0.05, 0.1) is 11.9 Å². The second-order valence-corrected chi connectivity index (χ2v) is 4.21. The molecular formula is C14H12N4O. The molecule has 3 aromatic rings. The predicted molar refractivity (Wildman–Crippen MR) is 74.9 cm³/mol. The largest absolute Gasteiger partial charge is 0.384 e. The lowest BCUT2D eigenvalue weighted by Crippen LogP contribution is -2.12. The van der Waals surface area contributed by atoms with E-state index < -0.39 is 0 Å². The van der Waals surface area contributed by atoms with Crippen LogP contribution in [0.5, 0.6) is 0 Å². The first kappa shape index (κ1) is 11.3. The van der Waals surface area contributed by atoms with Crippen LogP contribution in [0.4, 0.5) is 11.5 Å². The van der Waals surface area contributed by atoms with Gasteiger partial charge in [0, 0.05) is 17.3 Å². The fourth-order valence-electron chi connectivity index (χ4n) is 1.87. The van der Waals surface area contributed by atoms with Gasteiger partial charge < -0.3 is 16.0 Å². The summed E-state index contributed by atoms with van der Waals surface area (Å²) in [6.45, 7) is 0. The SMILES string of the molecule is Nc1ccc(NC(=O)c2ccc3cc[nH]c3c2)cn1. The number of nitrogens with two attached hydrogens (primary N) is 1. The highest BCUT2D eigenvalue weighted by Gasteiger charge is 2.07. The first-order valence-corrected chi connectivity index (χ1v) is 5.82. The van der Waals surface area contributed by atoms with E-state index in [0.717, 1.165) is 10.9 Å². The molecule has 0 saturated heterocycles. The number of rotatable bonds is 2. The highest BCUT2D eigenvalue weighted by Crippen LogP contribution is 2.15. The number of pyridine rings is 1. The Balaban J connectivity index is 1.84. The van der Waals surface area contributed by atoms with E-state index in [1.54, 1.807) is 18.2 Å². The van der Waals surface area contributed by atoms with Crippen LogP contribution in [0.25, 0.3) is 10.9 Å². The van der Waals surface area contributed by atoms with Crippen LogP contribution in [0, 0.1) is 0 Å². The van der Waals surface area contributed by atoms with Gasteiger partial charge in [-0.1, -0.05) is 6.07 Å². The van der Waals surface area contributed by atoms with Crippen molar-refractivity contribution in [3.8, 4) is 0 Å². The zero-order chi connectivity index (χ0) is 13.2. The highest BCUT2D eigenvalue weighted by molar-refractivity contribution is 6.06. The van der Waals surface area contributed by atoms with Gasteiger partial charge in [0.25, 0.3) is 5.91 Å². The average Bonchev–Trinajstić information content (AvgIpc) is 2.88. The van der Waals surface area contributed by atoms with Crippen LogP contribution in [0.3, 0.4) is 0 Å². The average molecular weight is 252 g/mol. The van der Waals surface area contributed by atoms with E-state index in [0.29, 0.717) is 17.1 Å². The summed E-state index contributed by atoms with van der Waals surface area (Å²) in [5, 5.41) is 3.85. The van der Waals surface area contributed by atoms with Gasteiger partial charge in [-0.25, -0.2) is 4.98 Å². The monoisotopic (exact) mass is 252 g/mol. The zero-order valence-corrected chi connectivity index (χ0v) is 10.1. The van der Waals surface area contributed by atoms with Crippen LogP contribution in [0.2, 0.25) is 0 Å². The van der Waals surface area contributed by atoms with Crippen LogP contribution in [0.1, 0.15) is 10.4 Å². The number of carbonyl (C=O) groups is 1. The Hall–Kier alpha value is -2.82. The summed E-state index contributed by atoms with van der Waals surface area (Å²) in [6, 6.07) is 10.8. The van der Waals surface area contributed by atoms with Crippen molar-refractivity contribution < 1.29 is 4.79 Å². The third-order valence-corrected chi connectivity index (χ3v) is 2.86. The Morgan fingerprint density at radius 2 is 2.11 bits per heavy atom. The number of hydrogen-bond donors (Lipinski definition) is 3. The molecule has 94 valence electrons. The standard InChI is InChI=1S/C14H12N4O/c15-13-4-3-11(8-17-13)18-14(19)10-2-1-9-5-6-16-12(9)7-10/h1-8,16H,(H2,15,17)(H,18,19). The first-order chi connectivity index (χ1) is 9.22. The van der Waals surface area contributed by atoms with E-state index in [9.17, 15) is 4.79 Å². The van der Waals surface area contributed by atoms with Crippen molar-refractivity contribution in [2.75, 3.05) is 11.1 Å². The number of benzene rings is 1. The van der Waals surface area contributed by atoms with Crippen LogP contribution in [-0.2, 0) is 0 Å². The topological polar surface area (TPSA) is 83.8 Å². The first-order valence-electron chi connectivity index (χ1n) is 5.82. The molecule has 0 spiro atoms. The van der Waals surface area contributed by atoms with E-state index in [2.05, 4.69) is 15.3 Å². The fourth-order valence-corrected chi connectivity index (χ4v) is 1.87. The maximum Gasteiger partial charge on any atom is 0.255 e. The number of hydrogen-bond acceptors (Lipinski definition) is 3. The van der Waals surface area contributed by atoms with Crippen molar-refractivity contribution in [3.63, 3.8) is 0 Å². The van der Waals surface area contributed by atoms with Gasteiger partial charge in [0.15, 0.2) is 0 Å². The number of H-pyrrole nitrogens is 1. The van der Waals surface area contributed by atoms with E-state index in [4.69, 9.17) is 5.73 Å². The Morgan fingerprint density at radius 3 is 2.89 bits per heavy atom. The van der Waals surface area contributed by atoms with Crippen molar-refractivity contribution in [1.82, 2.24) is 9.97 Å². The predicted octanol–water partition coefficient (Wildman–Crippen LogP) is 2.40. The lowest BCUT2D eigenvalue weighted by atomic mass is 10.1. The maximum absolute atomic E-state index is 12.1. The molecule has 0 saturated carbocycles. The third-order valence-electron chi connectivity index (χ3n) is 2.86. The summed E-state index contributed by atoms with van der Waals surface area (Å²) < 4.78 is 0. The number of aromatic nitrogens is 2. The number of anilines is 2.